The second-order valence-corrected chi connectivity index (χ2v) is 3.74. The van der Waals surface area contributed by atoms with E-state index in [4.69, 9.17) is 11.6 Å². The van der Waals surface area contributed by atoms with Crippen LogP contribution in [0.15, 0.2) is 18.2 Å². The van der Waals surface area contributed by atoms with Gasteiger partial charge in [0.25, 0.3) is 0 Å². The first-order chi connectivity index (χ1) is 6.61. The summed E-state index contributed by atoms with van der Waals surface area (Å²) in [6.07, 6.45) is 0. The Kier molecular flexibility index (Phi) is 4.17. The first kappa shape index (κ1) is 11.3. The molecule has 0 heterocycles. The maximum absolute atomic E-state index is 13.3. The van der Waals surface area contributed by atoms with Crippen molar-refractivity contribution in [2.45, 2.75) is 0 Å². The average molecular weight is 217 g/mol. The number of hydrogen-bond acceptors (Lipinski definition) is 2. The summed E-state index contributed by atoms with van der Waals surface area (Å²) in [7, 11) is 3.94. The summed E-state index contributed by atoms with van der Waals surface area (Å²) >= 11 is 5.63. The molecule has 2 nitrogen and oxygen atoms in total. The highest BCUT2D eigenvalue weighted by Crippen LogP contribution is 2.21. The van der Waals surface area contributed by atoms with Gasteiger partial charge in [0.2, 0.25) is 0 Å². The van der Waals surface area contributed by atoms with Gasteiger partial charge in [-0.05, 0) is 26.2 Å². The van der Waals surface area contributed by atoms with Gasteiger partial charge < -0.3 is 10.2 Å². The summed E-state index contributed by atoms with van der Waals surface area (Å²) in [5.74, 6) is -0.382. The fourth-order valence-corrected chi connectivity index (χ4v) is 1.23. The van der Waals surface area contributed by atoms with Crippen LogP contribution in [0.4, 0.5) is 10.1 Å². The summed E-state index contributed by atoms with van der Waals surface area (Å²) < 4.78 is 13.3. The quantitative estimate of drug-likeness (QED) is 0.832. The van der Waals surface area contributed by atoms with Crippen LogP contribution < -0.4 is 5.32 Å². The Balaban J connectivity index is 2.54. The summed E-state index contributed by atoms with van der Waals surface area (Å²) in [4.78, 5) is 2.02. The zero-order chi connectivity index (χ0) is 10.6. The zero-order valence-electron chi connectivity index (χ0n) is 8.35. The van der Waals surface area contributed by atoms with Crippen LogP contribution in [0.3, 0.4) is 0 Å². The third kappa shape index (κ3) is 3.16. The average Bonchev–Trinajstić information content (AvgIpc) is 2.12. The Morgan fingerprint density at radius 2 is 2.14 bits per heavy atom. The minimum absolute atomic E-state index is 0.153. The number of likely N-dealkylation sites (N-methyl/N-ethyl adjacent to an activating group) is 1. The molecule has 1 rings (SSSR count). The number of halogens is 2. The number of hydrogen-bond donors (Lipinski definition) is 1. The van der Waals surface area contributed by atoms with Crippen LogP contribution in [-0.4, -0.2) is 32.1 Å². The van der Waals surface area contributed by atoms with E-state index in [0.29, 0.717) is 12.2 Å². The van der Waals surface area contributed by atoms with Gasteiger partial charge in [-0.1, -0.05) is 17.7 Å². The van der Waals surface area contributed by atoms with Crippen LogP contribution in [0.1, 0.15) is 0 Å². The molecule has 0 fully saturated rings. The standard InChI is InChI=1S/C10H14ClFN2/c1-14(2)7-6-13-9-5-3-4-8(11)10(9)12/h3-5,13H,6-7H2,1-2H3. The van der Waals surface area contributed by atoms with Crippen molar-refractivity contribution in [3.05, 3.63) is 29.0 Å². The van der Waals surface area contributed by atoms with Crippen LogP contribution in [-0.2, 0) is 0 Å². The van der Waals surface area contributed by atoms with Crippen LogP contribution in [0, 0.1) is 5.82 Å². The molecule has 0 aromatic heterocycles. The van der Waals surface area contributed by atoms with E-state index < -0.39 is 0 Å². The molecule has 0 aliphatic heterocycles. The molecular formula is C10H14ClFN2. The topological polar surface area (TPSA) is 15.3 Å². The molecule has 0 atom stereocenters. The van der Waals surface area contributed by atoms with Gasteiger partial charge >= 0.3 is 0 Å². The van der Waals surface area contributed by atoms with Crippen LogP contribution in [0.2, 0.25) is 5.02 Å². The molecule has 0 amide bonds. The minimum atomic E-state index is -0.382. The number of rotatable bonds is 4. The second-order valence-electron chi connectivity index (χ2n) is 3.33. The molecule has 0 aliphatic carbocycles. The Labute approximate surface area is 88.7 Å². The van der Waals surface area contributed by atoms with Gasteiger partial charge in [0.15, 0.2) is 5.82 Å². The van der Waals surface area contributed by atoms with Crippen molar-refractivity contribution in [1.82, 2.24) is 4.90 Å². The molecule has 0 spiro atoms. The van der Waals surface area contributed by atoms with Crippen molar-refractivity contribution in [3.63, 3.8) is 0 Å². The van der Waals surface area contributed by atoms with E-state index >= 15 is 0 Å². The summed E-state index contributed by atoms with van der Waals surface area (Å²) in [6.45, 7) is 1.55. The Morgan fingerprint density at radius 1 is 1.43 bits per heavy atom. The van der Waals surface area contributed by atoms with Crippen molar-refractivity contribution in [2.75, 3.05) is 32.5 Å². The van der Waals surface area contributed by atoms with Gasteiger partial charge in [-0.25, -0.2) is 4.39 Å². The predicted octanol–water partition coefficient (Wildman–Crippen LogP) is 2.45. The Morgan fingerprint density at radius 3 is 2.79 bits per heavy atom. The Hall–Kier alpha value is -0.800. The number of nitrogens with zero attached hydrogens (tertiary/aromatic N) is 1. The lowest BCUT2D eigenvalue weighted by atomic mass is 10.3. The van der Waals surface area contributed by atoms with E-state index in [9.17, 15) is 4.39 Å². The molecule has 0 saturated carbocycles. The normalized spacial score (nSPS) is 10.6. The molecule has 0 aliphatic rings. The van der Waals surface area contributed by atoms with E-state index in [1.54, 1.807) is 12.1 Å². The summed E-state index contributed by atoms with van der Waals surface area (Å²) in [6, 6.07) is 4.94. The van der Waals surface area contributed by atoms with E-state index in [0.717, 1.165) is 6.54 Å². The molecule has 0 radical (unpaired) electrons. The Bertz CT molecular complexity index is 302. The van der Waals surface area contributed by atoms with Crippen molar-refractivity contribution < 1.29 is 4.39 Å². The van der Waals surface area contributed by atoms with Crippen molar-refractivity contribution in [3.8, 4) is 0 Å². The zero-order valence-corrected chi connectivity index (χ0v) is 9.11. The fourth-order valence-electron chi connectivity index (χ4n) is 1.05. The molecule has 4 heteroatoms. The highest BCUT2D eigenvalue weighted by Gasteiger charge is 2.04. The van der Waals surface area contributed by atoms with Crippen LogP contribution >= 0.6 is 11.6 Å². The van der Waals surface area contributed by atoms with Gasteiger partial charge in [-0.15, -0.1) is 0 Å². The summed E-state index contributed by atoms with van der Waals surface area (Å²) in [5, 5.41) is 3.14. The smallest absolute Gasteiger partial charge is 0.164 e. The molecule has 1 aromatic rings. The SMILES string of the molecule is CN(C)CCNc1cccc(Cl)c1F. The second kappa shape index (κ2) is 5.17. The molecule has 78 valence electrons. The van der Waals surface area contributed by atoms with Gasteiger partial charge in [0, 0.05) is 13.1 Å². The predicted molar refractivity (Wildman–Crippen MR) is 58.5 cm³/mol. The lowest BCUT2D eigenvalue weighted by Gasteiger charge is -2.12. The van der Waals surface area contributed by atoms with Crippen molar-refractivity contribution in [1.29, 1.82) is 0 Å². The van der Waals surface area contributed by atoms with Crippen molar-refractivity contribution in [2.24, 2.45) is 0 Å². The van der Waals surface area contributed by atoms with E-state index in [-0.39, 0.29) is 10.8 Å². The third-order valence-electron chi connectivity index (χ3n) is 1.83. The summed E-state index contributed by atoms with van der Waals surface area (Å²) in [5.41, 5.74) is 0.458. The lowest BCUT2D eigenvalue weighted by molar-refractivity contribution is 0.425. The number of nitrogens with one attached hydrogen (secondary N) is 1. The first-order valence-electron chi connectivity index (χ1n) is 4.44. The molecule has 1 N–H and O–H groups in total. The van der Waals surface area contributed by atoms with Crippen LogP contribution in [0.5, 0.6) is 0 Å². The minimum Gasteiger partial charge on any atom is -0.381 e. The van der Waals surface area contributed by atoms with E-state index in [1.807, 2.05) is 19.0 Å². The van der Waals surface area contributed by atoms with Gasteiger partial charge in [0.05, 0.1) is 10.7 Å². The largest absolute Gasteiger partial charge is 0.381 e. The highest BCUT2D eigenvalue weighted by molar-refractivity contribution is 6.31. The monoisotopic (exact) mass is 216 g/mol. The van der Waals surface area contributed by atoms with Gasteiger partial charge in [0.1, 0.15) is 0 Å². The van der Waals surface area contributed by atoms with E-state index in [1.165, 1.54) is 6.07 Å². The molecule has 14 heavy (non-hydrogen) atoms. The fraction of sp³-hybridized carbons (Fsp3) is 0.400. The third-order valence-corrected chi connectivity index (χ3v) is 2.12. The van der Waals surface area contributed by atoms with Gasteiger partial charge in [-0.3, -0.25) is 0 Å². The van der Waals surface area contributed by atoms with Gasteiger partial charge in [-0.2, -0.15) is 0 Å². The van der Waals surface area contributed by atoms with Crippen molar-refractivity contribution >= 4 is 17.3 Å². The maximum Gasteiger partial charge on any atom is 0.164 e. The number of anilines is 1. The first-order valence-corrected chi connectivity index (χ1v) is 4.81. The molecular weight excluding hydrogens is 203 g/mol. The lowest BCUT2D eigenvalue weighted by Crippen LogP contribution is -2.21. The molecule has 1 aromatic carbocycles. The van der Waals surface area contributed by atoms with E-state index in [2.05, 4.69) is 5.32 Å². The molecule has 0 bridgehead atoms. The van der Waals surface area contributed by atoms with Crippen LogP contribution in [0.25, 0.3) is 0 Å². The molecule has 0 unspecified atom stereocenters. The highest BCUT2D eigenvalue weighted by atomic mass is 35.5. The maximum atomic E-state index is 13.3. The molecule has 0 saturated heterocycles. The number of benzene rings is 1.